The van der Waals surface area contributed by atoms with E-state index in [0.717, 1.165) is 0 Å². The number of likely N-dealkylation sites (tertiary alicyclic amines) is 1. The van der Waals surface area contributed by atoms with Gasteiger partial charge >= 0.3 is 5.97 Å². The first-order chi connectivity index (χ1) is 28.9. The molecule has 61 heavy (non-hydrogen) atoms. The number of carbonyl (C=O) groups is 7. The van der Waals surface area contributed by atoms with Crippen LogP contribution in [0, 0.1) is 11.8 Å². The number of aromatic nitrogens is 2. The number of carboxylic acids is 1. The van der Waals surface area contributed by atoms with Crippen LogP contribution in [0.25, 0.3) is 0 Å². The summed E-state index contributed by atoms with van der Waals surface area (Å²) < 4.78 is 0. The summed E-state index contributed by atoms with van der Waals surface area (Å²) in [5.41, 5.74) is 11.9. The zero-order chi connectivity index (χ0) is 45.2. The number of imidazole rings is 1. The number of carboxylic acid groups (broad SMARTS) is 1. The summed E-state index contributed by atoms with van der Waals surface area (Å²) in [6, 6.07) is -1.07. The predicted octanol–water partition coefficient (Wildman–Crippen LogP) is -1.62. The average Bonchev–Trinajstić information content (AvgIpc) is 3.93. The number of likely N-dealkylation sites (N-methyl/N-ethyl adjacent to an activating group) is 1. The van der Waals surface area contributed by atoms with Gasteiger partial charge in [0.15, 0.2) is 5.96 Å². The third-order valence-electron chi connectivity index (χ3n) is 10.4. The fourth-order valence-electron chi connectivity index (χ4n) is 6.83. The summed E-state index contributed by atoms with van der Waals surface area (Å²) in [5.74, 6) is -6.20. The lowest BCUT2D eigenvalue weighted by molar-refractivity contribution is -0.149. The molecule has 0 bridgehead atoms. The quantitative estimate of drug-likeness (QED) is 0.0322. The summed E-state index contributed by atoms with van der Waals surface area (Å²) in [5, 5.41) is 36.1. The van der Waals surface area contributed by atoms with Gasteiger partial charge in [0.25, 0.3) is 0 Å². The second-order valence-electron chi connectivity index (χ2n) is 15.5. The van der Waals surface area contributed by atoms with E-state index in [4.69, 9.17) is 11.5 Å². The molecule has 2 heterocycles. The number of phenols is 1. The number of nitrogens with zero attached hydrogens (tertiary/aromatic N) is 3. The van der Waals surface area contributed by atoms with Gasteiger partial charge in [0.1, 0.15) is 42.0 Å². The Balaban J connectivity index is 1.89. The average molecular weight is 855 g/mol. The van der Waals surface area contributed by atoms with Crippen molar-refractivity contribution in [2.24, 2.45) is 28.3 Å². The number of H-pyrrole nitrogens is 1. The molecule has 1 aromatic heterocycles. The number of carbonyl (C=O) groups excluding carboxylic acids is 6. The second-order valence-corrected chi connectivity index (χ2v) is 15.5. The molecule has 2 aromatic rings. The topological polar surface area (TPSA) is 328 Å². The number of nitrogens with one attached hydrogen (secondary N) is 7. The molecule has 7 atom stereocenters. The van der Waals surface area contributed by atoms with Gasteiger partial charge in [-0.1, -0.05) is 46.2 Å². The molecule has 13 N–H and O–H groups in total. The maximum Gasteiger partial charge on any atom is 0.326 e. The Hall–Kier alpha value is -6.25. The van der Waals surface area contributed by atoms with Gasteiger partial charge in [0.2, 0.25) is 35.4 Å². The number of phenolic OH excluding ortho intramolecular Hbond substituents is 1. The van der Waals surface area contributed by atoms with Crippen molar-refractivity contribution in [3.63, 3.8) is 0 Å². The van der Waals surface area contributed by atoms with Crippen molar-refractivity contribution < 1.29 is 43.8 Å². The summed E-state index contributed by atoms with van der Waals surface area (Å²) in [7, 11) is 1.57. The normalized spacial score (nSPS) is 16.6. The highest BCUT2D eigenvalue weighted by atomic mass is 16.4. The molecule has 0 saturated carbocycles. The van der Waals surface area contributed by atoms with E-state index in [1.54, 1.807) is 40.0 Å². The van der Waals surface area contributed by atoms with Crippen LogP contribution in [0.5, 0.6) is 5.75 Å². The van der Waals surface area contributed by atoms with Crippen LogP contribution in [-0.4, -0.2) is 135 Å². The van der Waals surface area contributed by atoms with Crippen LogP contribution in [-0.2, 0) is 46.4 Å². The van der Waals surface area contributed by atoms with E-state index in [9.17, 15) is 43.8 Å². The van der Waals surface area contributed by atoms with Gasteiger partial charge in [-0.2, -0.15) is 0 Å². The molecule has 6 amide bonds. The van der Waals surface area contributed by atoms with Gasteiger partial charge in [-0.25, -0.2) is 9.78 Å². The van der Waals surface area contributed by atoms with Gasteiger partial charge in [0.05, 0.1) is 12.9 Å². The lowest BCUT2D eigenvalue weighted by Crippen LogP contribution is -2.61. The minimum absolute atomic E-state index is 0.0256. The molecule has 1 saturated heterocycles. The zero-order valence-electron chi connectivity index (χ0n) is 35.4. The van der Waals surface area contributed by atoms with E-state index in [-0.39, 0.29) is 57.0 Å². The standard InChI is InChI=1S/C40H62N12O9/c1-6-23(4)33(37(58)49-29(18-25-19-44-21-46-25)38(59)52-16-8-10-30(52)39(60)61)51-35(56)28(17-24-11-13-26(53)14-12-24)48-36(57)32(22(2)3)50-34(55)27(47-31(54)20-43-5)9-7-15-45-40(41)42/h11-14,19,21-23,27-30,32-33,43,53H,6-10,15-18,20H2,1-5H3,(H,44,46)(H,47,54)(H,48,57)(H,49,58)(H,50,55)(H,51,56)(H,60,61)(H4,41,42,45)/t23-,27-,28-,29-,30-,32-,33-/m0/s1. The summed E-state index contributed by atoms with van der Waals surface area (Å²) in [6.45, 7) is 7.25. The minimum Gasteiger partial charge on any atom is -0.508 e. The van der Waals surface area contributed by atoms with E-state index in [1.165, 1.54) is 29.6 Å². The number of nitrogens with two attached hydrogens (primary N) is 2. The van der Waals surface area contributed by atoms with Crippen LogP contribution in [0.3, 0.4) is 0 Å². The fourth-order valence-corrected chi connectivity index (χ4v) is 6.83. The molecule has 1 aromatic carbocycles. The molecule has 3 rings (SSSR count). The molecule has 1 aliphatic rings. The monoisotopic (exact) mass is 854 g/mol. The SMILES string of the molecule is CC[C@H](C)[C@H](NC(=O)[C@H](Cc1ccc(O)cc1)NC(=O)[C@@H](NC(=O)[C@H](CCCN=C(N)N)NC(=O)CNC)C(C)C)C(=O)N[C@@H](Cc1cnc[nH]1)C(=O)N1CCC[C@H]1C(=O)O. The molecule has 0 unspecified atom stereocenters. The third-order valence-corrected chi connectivity index (χ3v) is 10.4. The van der Waals surface area contributed by atoms with Gasteiger partial charge in [0, 0.05) is 37.8 Å². The van der Waals surface area contributed by atoms with Gasteiger partial charge < -0.3 is 63.5 Å². The highest BCUT2D eigenvalue weighted by Gasteiger charge is 2.40. The Bertz CT molecular complexity index is 1820. The molecule has 0 radical (unpaired) electrons. The van der Waals surface area contributed by atoms with E-state index in [1.807, 2.05) is 6.92 Å². The van der Waals surface area contributed by atoms with Crippen molar-refractivity contribution in [2.75, 3.05) is 26.7 Å². The van der Waals surface area contributed by atoms with Gasteiger partial charge in [-0.15, -0.1) is 0 Å². The van der Waals surface area contributed by atoms with Crippen LogP contribution < -0.4 is 43.4 Å². The van der Waals surface area contributed by atoms with Crippen LogP contribution in [0.4, 0.5) is 0 Å². The number of hydrogen-bond acceptors (Lipinski definition) is 11. The smallest absolute Gasteiger partial charge is 0.326 e. The predicted molar refractivity (Wildman–Crippen MR) is 224 cm³/mol. The first-order valence-corrected chi connectivity index (χ1v) is 20.4. The summed E-state index contributed by atoms with van der Waals surface area (Å²) >= 11 is 0. The van der Waals surface area contributed by atoms with E-state index in [0.29, 0.717) is 30.5 Å². The Morgan fingerprint density at radius 3 is 2.11 bits per heavy atom. The first-order valence-electron chi connectivity index (χ1n) is 20.4. The second kappa shape index (κ2) is 24.1. The summed E-state index contributed by atoms with van der Waals surface area (Å²) in [4.78, 5) is 107. The van der Waals surface area contributed by atoms with Crippen molar-refractivity contribution in [3.05, 3.63) is 48.0 Å². The van der Waals surface area contributed by atoms with E-state index < -0.39 is 89.5 Å². The van der Waals surface area contributed by atoms with Crippen molar-refractivity contribution in [1.29, 1.82) is 0 Å². The van der Waals surface area contributed by atoms with Crippen molar-refractivity contribution >= 4 is 47.4 Å². The molecule has 1 fully saturated rings. The van der Waals surface area contributed by atoms with Crippen molar-refractivity contribution in [1.82, 2.24) is 46.8 Å². The minimum atomic E-state index is -1.32. The molecule has 0 spiro atoms. The first kappa shape index (κ1) is 49.1. The molecular formula is C40H62N12O9. The molecular weight excluding hydrogens is 793 g/mol. The highest BCUT2D eigenvalue weighted by Crippen LogP contribution is 2.20. The van der Waals surface area contributed by atoms with Crippen molar-refractivity contribution in [2.45, 2.75) is 109 Å². The molecule has 21 nitrogen and oxygen atoms in total. The Kier molecular flexibility index (Phi) is 19.4. The number of guanidine groups is 1. The van der Waals surface area contributed by atoms with Crippen molar-refractivity contribution in [3.8, 4) is 5.75 Å². The van der Waals surface area contributed by atoms with E-state index >= 15 is 0 Å². The number of aromatic amines is 1. The third kappa shape index (κ3) is 15.4. The number of rotatable bonds is 24. The largest absolute Gasteiger partial charge is 0.508 e. The number of amides is 6. The summed E-state index contributed by atoms with van der Waals surface area (Å²) in [6.07, 6.45) is 4.39. The maximum atomic E-state index is 14.3. The Morgan fingerprint density at radius 2 is 1.52 bits per heavy atom. The number of aromatic hydroxyl groups is 1. The number of benzene rings is 1. The number of hydrogen-bond donors (Lipinski definition) is 11. The van der Waals surface area contributed by atoms with Crippen LogP contribution in [0.2, 0.25) is 0 Å². The van der Waals surface area contributed by atoms with E-state index in [2.05, 4.69) is 46.9 Å². The van der Waals surface area contributed by atoms with Crippen LogP contribution >= 0.6 is 0 Å². The highest BCUT2D eigenvalue weighted by molar-refractivity contribution is 5.97. The molecule has 21 heteroatoms. The van der Waals surface area contributed by atoms with Gasteiger partial charge in [-0.3, -0.25) is 33.8 Å². The maximum absolute atomic E-state index is 14.3. The lowest BCUT2D eigenvalue weighted by Gasteiger charge is -2.31. The van der Waals surface area contributed by atoms with Gasteiger partial charge in [-0.05, 0) is 62.3 Å². The van der Waals surface area contributed by atoms with Crippen LogP contribution in [0.1, 0.15) is 71.1 Å². The Labute approximate surface area is 355 Å². The number of aliphatic imine (C=N–C) groups is 1. The fraction of sp³-hybridized carbons (Fsp3) is 0.575. The Morgan fingerprint density at radius 1 is 0.885 bits per heavy atom. The lowest BCUT2D eigenvalue weighted by atomic mass is 9.96. The molecule has 1 aliphatic heterocycles. The number of aliphatic carboxylic acids is 1. The molecule has 336 valence electrons. The van der Waals surface area contributed by atoms with Crippen LogP contribution in [0.15, 0.2) is 41.8 Å². The zero-order valence-corrected chi connectivity index (χ0v) is 35.4. The molecule has 0 aliphatic carbocycles.